The molecule has 0 aliphatic carbocycles. The molecule has 8 heteroatoms. The Bertz CT molecular complexity index is 1100. The molecule has 1 heterocycles. The number of thioether (sulfide) groups is 1. The van der Waals surface area contributed by atoms with Gasteiger partial charge in [0.25, 0.3) is 5.91 Å². The Morgan fingerprint density at radius 3 is 2.46 bits per heavy atom. The molecule has 1 aliphatic heterocycles. The standard InChI is InChI=1S/C29H35NO5S2/c1-3-5-6-7-8-12-17-35-24-16-15-22(19-25(24)34-4-2)20-26-27(31)30(29(36)37-26)23(28(32)33)18-21-13-10-9-11-14-21/h9-11,13-16,19-20,23H,3-8,12,17-18H2,1-2H3,(H,32,33)/b26-20+/t23-/m0/s1. The number of rotatable bonds is 15. The van der Waals surface area contributed by atoms with E-state index in [1.807, 2.05) is 55.5 Å². The fraction of sp³-hybridized carbons (Fsp3) is 0.414. The number of aliphatic carboxylic acids is 1. The van der Waals surface area contributed by atoms with Gasteiger partial charge in [-0.1, -0.05) is 99.4 Å². The van der Waals surface area contributed by atoms with Gasteiger partial charge < -0.3 is 14.6 Å². The van der Waals surface area contributed by atoms with E-state index >= 15 is 0 Å². The third-order valence-corrected chi connectivity index (χ3v) is 7.34. The summed E-state index contributed by atoms with van der Waals surface area (Å²) in [5, 5.41) is 9.86. The van der Waals surface area contributed by atoms with Crippen molar-refractivity contribution in [1.82, 2.24) is 4.90 Å². The van der Waals surface area contributed by atoms with Gasteiger partial charge in [-0.3, -0.25) is 9.69 Å². The maximum Gasteiger partial charge on any atom is 0.327 e. The molecule has 6 nitrogen and oxygen atoms in total. The number of carbonyl (C=O) groups is 2. The van der Waals surface area contributed by atoms with Crippen molar-refractivity contribution in [2.24, 2.45) is 0 Å². The zero-order valence-corrected chi connectivity index (χ0v) is 23.1. The SMILES string of the molecule is CCCCCCCCOc1ccc(/C=C2/SC(=S)N([C@@H](Cc3ccccc3)C(=O)O)C2=O)cc1OCC. The van der Waals surface area contributed by atoms with Crippen LogP contribution in [0.25, 0.3) is 6.08 Å². The fourth-order valence-corrected chi connectivity index (χ4v) is 5.45. The van der Waals surface area contributed by atoms with Gasteiger partial charge in [0.2, 0.25) is 0 Å². The number of hydrogen-bond acceptors (Lipinski definition) is 6. The molecule has 198 valence electrons. The van der Waals surface area contributed by atoms with E-state index in [9.17, 15) is 14.7 Å². The summed E-state index contributed by atoms with van der Waals surface area (Å²) in [7, 11) is 0. The van der Waals surface area contributed by atoms with E-state index in [0.29, 0.717) is 29.6 Å². The number of carbonyl (C=O) groups excluding carboxylic acids is 1. The van der Waals surface area contributed by atoms with Gasteiger partial charge >= 0.3 is 5.97 Å². The first kappa shape index (κ1) is 28.7. The van der Waals surface area contributed by atoms with Gasteiger partial charge in [0.05, 0.1) is 18.1 Å². The second kappa shape index (κ2) is 14.8. The molecule has 0 saturated carbocycles. The largest absolute Gasteiger partial charge is 0.490 e. The van der Waals surface area contributed by atoms with E-state index < -0.39 is 17.9 Å². The van der Waals surface area contributed by atoms with E-state index in [1.165, 1.54) is 30.6 Å². The van der Waals surface area contributed by atoms with Crippen molar-refractivity contribution in [1.29, 1.82) is 0 Å². The van der Waals surface area contributed by atoms with Gasteiger partial charge in [0.1, 0.15) is 10.4 Å². The van der Waals surface area contributed by atoms with Gasteiger partial charge in [-0.25, -0.2) is 4.79 Å². The highest BCUT2D eigenvalue weighted by atomic mass is 32.2. The first-order chi connectivity index (χ1) is 17.9. The zero-order chi connectivity index (χ0) is 26.6. The summed E-state index contributed by atoms with van der Waals surface area (Å²) < 4.78 is 12.0. The topological polar surface area (TPSA) is 76.1 Å². The minimum absolute atomic E-state index is 0.176. The maximum absolute atomic E-state index is 13.2. The number of unbranched alkanes of at least 4 members (excludes halogenated alkanes) is 5. The summed E-state index contributed by atoms with van der Waals surface area (Å²) in [4.78, 5) is 26.9. The minimum Gasteiger partial charge on any atom is -0.490 e. The van der Waals surface area contributed by atoms with Crippen LogP contribution in [0.3, 0.4) is 0 Å². The van der Waals surface area contributed by atoms with Crippen molar-refractivity contribution in [3.8, 4) is 11.5 Å². The van der Waals surface area contributed by atoms with Gasteiger partial charge in [-0.2, -0.15) is 0 Å². The molecule has 1 amide bonds. The lowest BCUT2D eigenvalue weighted by Crippen LogP contribution is -2.45. The first-order valence-electron chi connectivity index (χ1n) is 12.9. The number of amides is 1. The summed E-state index contributed by atoms with van der Waals surface area (Å²) in [6, 6.07) is 13.7. The quantitative estimate of drug-likeness (QED) is 0.152. The second-order valence-electron chi connectivity index (χ2n) is 8.85. The van der Waals surface area contributed by atoms with Gasteiger partial charge in [-0.05, 0) is 42.7 Å². The van der Waals surface area contributed by atoms with Crippen LogP contribution in [0.4, 0.5) is 0 Å². The number of hydrogen-bond donors (Lipinski definition) is 1. The molecule has 0 radical (unpaired) electrons. The van der Waals surface area contributed by atoms with Crippen molar-refractivity contribution in [3.05, 3.63) is 64.6 Å². The Labute approximate surface area is 229 Å². The predicted octanol–water partition coefficient (Wildman–Crippen LogP) is 6.72. The molecule has 0 spiro atoms. The van der Waals surface area contributed by atoms with E-state index in [1.54, 1.807) is 6.08 Å². The first-order valence-corrected chi connectivity index (χ1v) is 14.1. The highest BCUT2D eigenvalue weighted by Gasteiger charge is 2.40. The van der Waals surface area contributed by atoms with Crippen molar-refractivity contribution in [2.45, 2.75) is 64.8 Å². The lowest BCUT2D eigenvalue weighted by Gasteiger charge is -2.23. The van der Waals surface area contributed by atoms with Gasteiger partial charge in [-0.15, -0.1) is 0 Å². The molecule has 2 aromatic carbocycles. The maximum atomic E-state index is 13.2. The summed E-state index contributed by atoms with van der Waals surface area (Å²) in [5.41, 5.74) is 1.58. The number of thiocarbonyl (C=S) groups is 1. The van der Waals surface area contributed by atoms with Crippen LogP contribution in [0.15, 0.2) is 53.4 Å². The van der Waals surface area contributed by atoms with Crippen molar-refractivity contribution < 1.29 is 24.2 Å². The molecule has 1 saturated heterocycles. The normalized spacial score (nSPS) is 15.3. The van der Waals surface area contributed by atoms with E-state index in [0.717, 1.165) is 35.7 Å². The molecule has 2 aromatic rings. The summed E-state index contributed by atoms with van der Waals surface area (Å²) in [5.74, 6) is -0.203. The van der Waals surface area contributed by atoms with Crippen LogP contribution in [-0.2, 0) is 16.0 Å². The number of nitrogens with zero attached hydrogens (tertiary/aromatic N) is 1. The molecule has 1 atom stereocenters. The molecule has 0 bridgehead atoms. The lowest BCUT2D eigenvalue weighted by atomic mass is 10.0. The molecule has 37 heavy (non-hydrogen) atoms. The molecular formula is C29H35NO5S2. The molecule has 3 rings (SSSR count). The van der Waals surface area contributed by atoms with Crippen molar-refractivity contribution >= 4 is 46.3 Å². The Kier molecular flexibility index (Phi) is 11.5. The minimum atomic E-state index is -1.09. The molecular weight excluding hydrogens is 506 g/mol. The Morgan fingerprint density at radius 1 is 1.03 bits per heavy atom. The Balaban J connectivity index is 1.70. The van der Waals surface area contributed by atoms with E-state index in [2.05, 4.69) is 6.92 Å². The second-order valence-corrected chi connectivity index (χ2v) is 10.5. The fourth-order valence-electron chi connectivity index (χ4n) is 4.09. The predicted molar refractivity (Wildman–Crippen MR) is 153 cm³/mol. The van der Waals surface area contributed by atoms with Crippen LogP contribution in [0.1, 0.15) is 63.5 Å². The van der Waals surface area contributed by atoms with E-state index in [4.69, 9.17) is 21.7 Å². The smallest absolute Gasteiger partial charge is 0.327 e. The number of carboxylic acids is 1. The average molecular weight is 542 g/mol. The highest BCUT2D eigenvalue weighted by Crippen LogP contribution is 2.36. The van der Waals surface area contributed by atoms with Crippen molar-refractivity contribution in [3.63, 3.8) is 0 Å². The molecule has 0 unspecified atom stereocenters. The molecule has 1 N–H and O–H groups in total. The summed E-state index contributed by atoms with van der Waals surface area (Å²) in [6.07, 6.45) is 9.04. The summed E-state index contributed by atoms with van der Waals surface area (Å²) in [6.45, 7) is 5.23. The van der Waals surface area contributed by atoms with Crippen LogP contribution in [0.2, 0.25) is 0 Å². The molecule has 0 aromatic heterocycles. The van der Waals surface area contributed by atoms with Crippen LogP contribution in [0, 0.1) is 0 Å². The molecule has 1 aliphatic rings. The lowest BCUT2D eigenvalue weighted by molar-refractivity contribution is -0.145. The van der Waals surface area contributed by atoms with Crippen LogP contribution < -0.4 is 9.47 Å². The number of carboxylic acid groups (broad SMARTS) is 1. The summed E-state index contributed by atoms with van der Waals surface area (Å²) >= 11 is 6.54. The van der Waals surface area contributed by atoms with Crippen LogP contribution in [-0.4, -0.2) is 45.5 Å². The Morgan fingerprint density at radius 2 is 1.76 bits per heavy atom. The molecule has 1 fully saturated rings. The number of benzene rings is 2. The van der Waals surface area contributed by atoms with Crippen LogP contribution in [0.5, 0.6) is 11.5 Å². The third kappa shape index (κ3) is 8.33. The zero-order valence-electron chi connectivity index (χ0n) is 21.5. The van der Waals surface area contributed by atoms with Crippen LogP contribution >= 0.6 is 24.0 Å². The monoisotopic (exact) mass is 541 g/mol. The van der Waals surface area contributed by atoms with Gasteiger partial charge in [0, 0.05) is 6.42 Å². The Hall–Kier alpha value is -2.84. The average Bonchev–Trinajstić information content (AvgIpc) is 3.16. The van der Waals surface area contributed by atoms with Gasteiger partial charge in [0.15, 0.2) is 11.5 Å². The highest BCUT2D eigenvalue weighted by molar-refractivity contribution is 8.26. The number of ether oxygens (including phenoxy) is 2. The third-order valence-electron chi connectivity index (χ3n) is 6.01. The van der Waals surface area contributed by atoms with Crippen molar-refractivity contribution in [2.75, 3.05) is 13.2 Å². The van der Waals surface area contributed by atoms with E-state index in [-0.39, 0.29) is 10.7 Å².